The monoisotopic (exact) mass is 373 g/mol. The molecule has 0 fully saturated rings. The number of benzene rings is 2. The van der Waals surface area contributed by atoms with Crippen molar-refractivity contribution in [3.8, 4) is 5.75 Å². The molecule has 1 aromatic heterocycles. The number of hydrogen-bond donors (Lipinski definition) is 3. The van der Waals surface area contributed by atoms with Gasteiger partial charge in [-0.3, -0.25) is 4.55 Å². The van der Waals surface area contributed by atoms with E-state index in [0.29, 0.717) is 0 Å². The molecule has 0 radical (unpaired) electrons. The van der Waals surface area contributed by atoms with E-state index >= 15 is 0 Å². The molecule has 1 heterocycles. The molecule has 3 N–H and O–H groups in total. The summed E-state index contributed by atoms with van der Waals surface area (Å²) in [5, 5.41) is 26.9. The van der Waals surface area contributed by atoms with Crippen LogP contribution in [0, 0.1) is 0 Å². The third-order valence-electron chi connectivity index (χ3n) is 3.49. The van der Waals surface area contributed by atoms with Gasteiger partial charge < -0.3 is 10.2 Å². The summed E-state index contributed by atoms with van der Waals surface area (Å²) in [6.45, 7) is 0. The van der Waals surface area contributed by atoms with Crippen LogP contribution < -0.4 is 0 Å². The Balaban J connectivity index is 2.10. The Morgan fingerprint density at radius 2 is 1.73 bits per heavy atom. The lowest BCUT2D eigenvalue weighted by Gasteiger charge is -2.08. The molecular formula is C16H11N3O6S. The van der Waals surface area contributed by atoms with Gasteiger partial charge in [0.25, 0.3) is 10.1 Å². The predicted octanol–water partition coefficient (Wildman–Crippen LogP) is 3.30. The van der Waals surface area contributed by atoms with Crippen LogP contribution in [0.15, 0.2) is 63.8 Å². The fourth-order valence-corrected chi connectivity index (χ4v) is 3.00. The molecule has 0 saturated heterocycles. The minimum Gasteiger partial charge on any atom is -0.505 e. The molecule has 0 atom stereocenters. The number of hydrogen-bond acceptors (Lipinski definition) is 7. The average Bonchev–Trinajstić information content (AvgIpc) is 2.60. The van der Waals surface area contributed by atoms with Crippen molar-refractivity contribution < 1.29 is 28.0 Å². The molecule has 9 nitrogen and oxygen atoms in total. The highest BCUT2D eigenvalue weighted by molar-refractivity contribution is 7.86. The number of rotatable bonds is 4. The number of azo groups is 1. The topological polar surface area (TPSA) is 150 Å². The van der Waals surface area contributed by atoms with Crippen LogP contribution in [0.1, 0.15) is 10.4 Å². The van der Waals surface area contributed by atoms with Gasteiger partial charge in [0.05, 0.1) is 5.56 Å². The zero-order valence-electron chi connectivity index (χ0n) is 12.9. The predicted molar refractivity (Wildman–Crippen MR) is 90.8 cm³/mol. The zero-order valence-corrected chi connectivity index (χ0v) is 13.8. The molecule has 0 bridgehead atoms. The highest BCUT2D eigenvalue weighted by atomic mass is 32.2. The number of pyridine rings is 1. The first-order valence-corrected chi connectivity index (χ1v) is 8.54. The van der Waals surface area contributed by atoms with E-state index in [-0.39, 0.29) is 33.6 Å². The van der Waals surface area contributed by atoms with Crippen molar-refractivity contribution in [1.29, 1.82) is 0 Å². The van der Waals surface area contributed by atoms with Crippen molar-refractivity contribution in [3.63, 3.8) is 0 Å². The largest absolute Gasteiger partial charge is 0.505 e. The van der Waals surface area contributed by atoms with Crippen molar-refractivity contribution in [1.82, 2.24) is 4.98 Å². The van der Waals surface area contributed by atoms with Gasteiger partial charge in [-0.25, -0.2) is 9.78 Å². The van der Waals surface area contributed by atoms with Gasteiger partial charge in [0.15, 0.2) is 11.6 Å². The lowest BCUT2D eigenvalue weighted by Crippen LogP contribution is -1.99. The lowest BCUT2D eigenvalue weighted by atomic mass is 10.1. The van der Waals surface area contributed by atoms with Crippen LogP contribution in [0.5, 0.6) is 5.75 Å². The number of aromatic nitrogens is 1. The third kappa shape index (κ3) is 3.36. The number of fused-ring (bicyclic) bond motifs is 1. The molecule has 26 heavy (non-hydrogen) atoms. The highest BCUT2D eigenvalue weighted by Gasteiger charge is 2.19. The Bertz CT molecular complexity index is 1140. The minimum atomic E-state index is -4.56. The van der Waals surface area contributed by atoms with Crippen LogP contribution in [0.4, 0.5) is 11.5 Å². The first-order chi connectivity index (χ1) is 12.3. The third-order valence-corrected chi connectivity index (χ3v) is 4.38. The number of carbonyl (C=O) groups is 1. The minimum absolute atomic E-state index is 0.0360. The van der Waals surface area contributed by atoms with Crippen molar-refractivity contribution in [2.24, 2.45) is 10.2 Å². The normalized spacial score (nSPS) is 11.9. The van der Waals surface area contributed by atoms with E-state index in [1.165, 1.54) is 24.3 Å². The lowest BCUT2D eigenvalue weighted by molar-refractivity contribution is 0.0696. The molecule has 2 aromatic carbocycles. The SMILES string of the molecule is O=C(O)c1ccc(/N=N/c2cc(S(=O)(=O)O)c3ccccc3c2O)nc1. The molecule has 0 saturated carbocycles. The summed E-state index contributed by atoms with van der Waals surface area (Å²) >= 11 is 0. The van der Waals surface area contributed by atoms with Crippen LogP contribution in [-0.2, 0) is 10.1 Å². The zero-order chi connectivity index (χ0) is 18.9. The fraction of sp³-hybridized carbons (Fsp3) is 0. The first-order valence-electron chi connectivity index (χ1n) is 7.10. The van der Waals surface area contributed by atoms with E-state index in [9.17, 15) is 22.9 Å². The van der Waals surface area contributed by atoms with Crippen molar-refractivity contribution >= 4 is 38.4 Å². The quantitative estimate of drug-likeness (QED) is 0.469. The number of carboxylic acids is 1. The van der Waals surface area contributed by atoms with E-state index in [4.69, 9.17) is 5.11 Å². The number of phenolic OH excluding ortho intramolecular Hbond substituents is 1. The number of aromatic hydroxyl groups is 1. The summed E-state index contributed by atoms with van der Waals surface area (Å²) in [5.41, 5.74) is -0.230. The number of phenols is 1. The maximum absolute atomic E-state index is 11.6. The van der Waals surface area contributed by atoms with Gasteiger partial charge in [-0.2, -0.15) is 8.42 Å². The Morgan fingerprint density at radius 1 is 1.04 bits per heavy atom. The molecule has 0 unspecified atom stereocenters. The molecule has 3 aromatic rings. The van der Waals surface area contributed by atoms with Crippen LogP contribution >= 0.6 is 0 Å². The Kier molecular flexibility index (Phi) is 4.36. The van der Waals surface area contributed by atoms with E-state index < -0.39 is 21.0 Å². The maximum Gasteiger partial charge on any atom is 0.337 e. The Hall–Kier alpha value is -3.37. The smallest absolute Gasteiger partial charge is 0.337 e. The number of carboxylic acid groups (broad SMARTS) is 1. The van der Waals surface area contributed by atoms with Crippen LogP contribution in [0.2, 0.25) is 0 Å². The number of aromatic carboxylic acids is 1. The number of nitrogens with zero attached hydrogens (tertiary/aromatic N) is 3. The molecule has 0 aliphatic carbocycles. The summed E-state index contributed by atoms with van der Waals surface area (Å²) in [5.74, 6) is -1.42. The molecule has 0 amide bonds. The van der Waals surface area contributed by atoms with Crippen LogP contribution in [-0.4, -0.2) is 34.1 Å². The molecule has 10 heteroatoms. The van der Waals surface area contributed by atoms with Crippen LogP contribution in [0.25, 0.3) is 10.8 Å². The molecular weight excluding hydrogens is 362 g/mol. The molecule has 132 valence electrons. The first kappa shape index (κ1) is 17.5. The average molecular weight is 373 g/mol. The Labute approximate surface area is 147 Å². The summed E-state index contributed by atoms with van der Waals surface area (Å²) in [6, 6.07) is 9.61. The van der Waals surface area contributed by atoms with Gasteiger partial charge in [0.2, 0.25) is 0 Å². The van der Waals surface area contributed by atoms with E-state index in [0.717, 1.165) is 12.3 Å². The van der Waals surface area contributed by atoms with Gasteiger partial charge in [-0.1, -0.05) is 24.3 Å². The van der Waals surface area contributed by atoms with E-state index in [2.05, 4.69) is 15.2 Å². The van der Waals surface area contributed by atoms with Crippen molar-refractivity contribution in [2.75, 3.05) is 0 Å². The molecule has 0 aliphatic rings. The second-order valence-electron chi connectivity index (χ2n) is 5.17. The van der Waals surface area contributed by atoms with E-state index in [1.54, 1.807) is 12.1 Å². The second kappa shape index (κ2) is 6.50. The van der Waals surface area contributed by atoms with Crippen LogP contribution in [0.3, 0.4) is 0 Å². The standard InChI is InChI=1S/C16H11N3O6S/c20-15-11-4-2-1-3-10(11)13(26(23,24)25)7-12(15)18-19-14-6-5-9(8-17-14)16(21)22/h1-8,20H,(H,21,22)(H,23,24,25)/b19-18+. The fourth-order valence-electron chi connectivity index (χ4n) is 2.28. The van der Waals surface area contributed by atoms with Gasteiger partial charge >= 0.3 is 5.97 Å². The summed E-state index contributed by atoms with van der Waals surface area (Å²) in [6.07, 6.45) is 1.08. The van der Waals surface area contributed by atoms with Gasteiger partial charge in [-0.05, 0) is 18.2 Å². The van der Waals surface area contributed by atoms with Gasteiger partial charge in [0, 0.05) is 17.0 Å². The summed E-state index contributed by atoms with van der Waals surface area (Å²) < 4.78 is 32.7. The molecule has 0 spiro atoms. The highest BCUT2D eigenvalue weighted by Crippen LogP contribution is 2.39. The van der Waals surface area contributed by atoms with Crippen molar-refractivity contribution in [2.45, 2.75) is 4.90 Å². The van der Waals surface area contributed by atoms with Gasteiger partial charge in [0.1, 0.15) is 10.6 Å². The second-order valence-corrected chi connectivity index (χ2v) is 6.56. The summed E-state index contributed by atoms with van der Waals surface area (Å²) in [7, 11) is -4.56. The molecule has 0 aliphatic heterocycles. The van der Waals surface area contributed by atoms with E-state index in [1.807, 2.05) is 0 Å². The Morgan fingerprint density at radius 3 is 2.31 bits per heavy atom. The van der Waals surface area contributed by atoms with Gasteiger partial charge in [-0.15, -0.1) is 10.2 Å². The molecule has 3 rings (SSSR count). The van der Waals surface area contributed by atoms with Crippen molar-refractivity contribution in [3.05, 3.63) is 54.2 Å². The maximum atomic E-state index is 11.6. The summed E-state index contributed by atoms with van der Waals surface area (Å²) in [4.78, 5) is 14.1.